The van der Waals surface area contributed by atoms with E-state index in [2.05, 4.69) is 89.4 Å². The fourth-order valence-electron chi connectivity index (χ4n) is 12.3. The number of hydrogen-bond donors (Lipinski definition) is 24. The van der Waals surface area contributed by atoms with Gasteiger partial charge in [-0.15, -0.1) is 0 Å². The zero-order chi connectivity index (χ0) is 90.8. The lowest BCUT2D eigenvalue weighted by atomic mass is 10.00. The summed E-state index contributed by atoms with van der Waals surface area (Å²) in [5.74, 6) is -23.1. The molecule has 0 unspecified atom stereocenters. The van der Waals surface area contributed by atoms with Crippen molar-refractivity contribution in [2.45, 2.75) is 231 Å². The van der Waals surface area contributed by atoms with Crippen molar-refractivity contribution in [2.24, 2.45) is 23.5 Å². The number of carbonyl (C=O) groups excluding carboxylic acids is 16. The van der Waals surface area contributed by atoms with Crippen molar-refractivity contribution in [3.8, 4) is 0 Å². The number of benzene rings is 1. The molecule has 16 amide bonds. The van der Waals surface area contributed by atoms with Crippen molar-refractivity contribution in [2.75, 3.05) is 32.8 Å². The summed E-state index contributed by atoms with van der Waals surface area (Å²) in [6.07, 6.45) is -0.651. The van der Waals surface area contributed by atoms with Gasteiger partial charge in [-0.05, 0) is 95.6 Å². The molecule has 0 bridgehead atoms. The summed E-state index contributed by atoms with van der Waals surface area (Å²) in [5, 5.41) is 93.5. The number of carbonyl (C=O) groups is 20. The van der Waals surface area contributed by atoms with Gasteiger partial charge in [0.25, 0.3) is 0 Å². The molecule has 46 nitrogen and oxygen atoms in total. The molecule has 46 heteroatoms. The number of nitrogens with one attached hydrogen (secondary N) is 17. The Balaban J connectivity index is 1.36. The van der Waals surface area contributed by atoms with Crippen LogP contribution in [0.3, 0.4) is 0 Å². The van der Waals surface area contributed by atoms with Crippen LogP contribution in [0, 0.1) is 17.8 Å². The van der Waals surface area contributed by atoms with Gasteiger partial charge >= 0.3 is 23.9 Å². The van der Waals surface area contributed by atoms with Gasteiger partial charge in [0, 0.05) is 61.2 Å². The van der Waals surface area contributed by atoms with E-state index in [0.717, 1.165) is 13.8 Å². The molecule has 1 fully saturated rings. The van der Waals surface area contributed by atoms with E-state index < -0.39 is 273 Å². The third-order valence-electron chi connectivity index (χ3n) is 18.9. The molecule has 3 aromatic rings. The average Bonchev–Trinajstić information content (AvgIpc) is 1.67. The standard InChI is InChI=1S/C75H112N20O26/c1-34(2)22-44(76)65(110)88-50(25-42-28-77-33-82-42)66(111)81-31-56(100)95-21-13-16-53(95)72(117)91-48(23-35(3)4)70(115)89-49(24-41-27-78-45-15-12-11-14-43(41)45)71(116)90-51(26-59(105)106)67(112)80-30-55(99)83-38(8)63(108)85-37(7)62(107)79-29-54(98)84-39(9)64(109)86-47(18-20-58(103)104)69(114)94-61(40(10)97)74(119)93-60(36(5)6)73(118)87-46(17-19-57(101)102)68(113)92-52(32-96)75(120)121/h11-12,14-15,27-28,33-40,44,46-53,60-61,78,96-97H,13,16-26,29-32,76H2,1-10H3,(H,77,82)(H,79,107)(H,80,112)(H,81,111)(H,83,99)(H,84,98)(H,85,108)(H,86,109)(H,87,118)(H,88,110)(H,89,115)(H,90,116)(H,91,117)(H,92,113)(H,93,119)(H,94,114)(H,101,102)(H,103,104)(H,105,106)(H,120,121)/t37-,38-,39-,40+,44-,46-,47-,48-,49-,50-,51-,52-,53-,60-,61-/m0/s1. The average molecular weight is 1710 g/mol. The fourth-order valence-corrected chi connectivity index (χ4v) is 12.3. The summed E-state index contributed by atoms with van der Waals surface area (Å²) in [6.45, 7) is 11.2. The maximum Gasteiger partial charge on any atom is 0.328 e. The zero-order valence-corrected chi connectivity index (χ0v) is 68.6. The number of nitrogens with two attached hydrogens (primary N) is 1. The number of nitrogens with zero attached hydrogens (tertiary/aromatic N) is 2. The lowest BCUT2D eigenvalue weighted by molar-refractivity contribution is -0.144. The van der Waals surface area contributed by atoms with Gasteiger partial charge in [0.15, 0.2) is 0 Å². The first-order valence-electron chi connectivity index (χ1n) is 39.0. The molecule has 1 aromatic carbocycles. The maximum atomic E-state index is 14.6. The smallest absolute Gasteiger partial charge is 0.328 e. The molecule has 0 aliphatic carbocycles. The Hall–Kier alpha value is -12.7. The highest BCUT2D eigenvalue weighted by Crippen LogP contribution is 2.22. The number of hydrogen-bond acceptors (Lipinski definition) is 24. The van der Waals surface area contributed by atoms with Crippen LogP contribution in [0.2, 0.25) is 0 Å². The summed E-state index contributed by atoms with van der Waals surface area (Å²) in [4.78, 5) is 275. The second kappa shape index (κ2) is 49.0. The summed E-state index contributed by atoms with van der Waals surface area (Å²) in [6, 6.07) is -14.6. The topological polar surface area (TPSA) is 717 Å². The van der Waals surface area contributed by atoms with Crippen molar-refractivity contribution >= 4 is 129 Å². The van der Waals surface area contributed by atoms with Gasteiger partial charge in [-0.3, -0.25) is 91.1 Å². The highest BCUT2D eigenvalue weighted by molar-refractivity contribution is 6.01. The number of aromatic nitrogens is 3. The van der Waals surface area contributed by atoms with Crippen LogP contribution < -0.4 is 85.5 Å². The number of H-pyrrole nitrogens is 2. The van der Waals surface area contributed by atoms with Gasteiger partial charge in [0.2, 0.25) is 94.5 Å². The minimum Gasteiger partial charge on any atom is -0.481 e. The Morgan fingerprint density at radius 1 is 0.488 bits per heavy atom. The molecule has 15 atom stereocenters. The monoisotopic (exact) mass is 1710 g/mol. The van der Waals surface area contributed by atoms with Crippen LogP contribution >= 0.6 is 0 Å². The normalized spacial score (nSPS) is 15.9. The Labute approximate surface area is 694 Å². The zero-order valence-electron chi connectivity index (χ0n) is 68.6. The minimum atomic E-state index is -1.95. The van der Waals surface area contributed by atoms with E-state index in [-0.39, 0.29) is 44.1 Å². The van der Waals surface area contributed by atoms with Crippen LogP contribution in [0.5, 0.6) is 0 Å². The minimum absolute atomic E-state index is 0.0130. The Morgan fingerprint density at radius 2 is 0.967 bits per heavy atom. The molecule has 1 saturated heterocycles. The van der Waals surface area contributed by atoms with E-state index in [4.69, 9.17) is 5.73 Å². The lowest BCUT2D eigenvalue weighted by Gasteiger charge is -2.29. The Morgan fingerprint density at radius 3 is 1.51 bits per heavy atom. The number of fused-ring (bicyclic) bond motifs is 1. The summed E-state index contributed by atoms with van der Waals surface area (Å²) < 4.78 is 0. The first-order valence-corrected chi connectivity index (χ1v) is 39.0. The number of aromatic amines is 2. The molecule has 1 aliphatic rings. The SMILES string of the molecule is CC(C)C[C@H](NC(=O)[C@@H]1CCCN1C(=O)CNC(=O)[C@H](Cc1cnc[nH]1)NC(=O)[C@@H](N)CC(C)C)C(=O)N[C@@H](Cc1c[nH]c2ccccc12)C(=O)N[C@@H](CC(=O)O)C(=O)NCC(=O)N[C@@H](C)C(=O)N[C@@H](C)C(=O)NCC(=O)N[C@@H](C)C(=O)N[C@@H](CCC(=O)O)C(=O)N[C@H](C(=O)N[C@H](C(=O)N[C@@H](CCC(=O)O)C(=O)N[C@@H](CO)C(=O)O)C(C)C)[C@@H](C)O. The second-order valence-corrected chi connectivity index (χ2v) is 30.3. The number of rotatable bonds is 51. The molecular formula is C75H112N20O26. The second-order valence-electron chi connectivity index (χ2n) is 30.3. The fraction of sp³-hybridized carbons (Fsp3) is 0.587. The van der Waals surface area contributed by atoms with Crippen LogP contribution in [0.1, 0.15) is 138 Å². The van der Waals surface area contributed by atoms with Gasteiger partial charge in [-0.2, -0.15) is 0 Å². The van der Waals surface area contributed by atoms with Crippen molar-refractivity contribution < 1.29 is 127 Å². The largest absolute Gasteiger partial charge is 0.481 e. The van der Waals surface area contributed by atoms with E-state index in [1.807, 2.05) is 19.2 Å². The number of aliphatic hydroxyl groups is 2. The van der Waals surface area contributed by atoms with Crippen molar-refractivity contribution in [3.63, 3.8) is 0 Å². The molecule has 2 aromatic heterocycles. The number of likely N-dealkylation sites (tertiary alicyclic amines) is 1. The number of aliphatic hydroxyl groups excluding tert-OH is 2. The molecule has 4 rings (SSSR count). The number of carboxylic acids is 4. The number of imidazole rings is 1. The van der Waals surface area contributed by atoms with Crippen LogP contribution in [-0.2, 0) is 109 Å². The lowest BCUT2D eigenvalue weighted by Crippen LogP contribution is -2.62. The van der Waals surface area contributed by atoms with Gasteiger partial charge in [0.1, 0.15) is 78.5 Å². The van der Waals surface area contributed by atoms with Gasteiger partial charge in [-0.1, -0.05) is 59.7 Å². The molecule has 1 aliphatic heterocycles. The number of para-hydroxylation sites is 1. The Kier molecular flexibility index (Phi) is 40.7. The molecule has 3 heterocycles. The highest BCUT2D eigenvalue weighted by Gasteiger charge is 2.41. The maximum absolute atomic E-state index is 14.6. The summed E-state index contributed by atoms with van der Waals surface area (Å²) in [7, 11) is 0. The number of carboxylic acid groups (broad SMARTS) is 4. The van der Waals surface area contributed by atoms with Crippen molar-refractivity contribution in [3.05, 3.63) is 54.2 Å². The predicted molar refractivity (Wildman–Crippen MR) is 422 cm³/mol. The molecule has 0 saturated carbocycles. The number of amides is 16. The van der Waals surface area contributed by atoms with E-state index in [0.29, 0.717) is 35.0 Å². The first kappa shape index (κ1) is 101. The van der Waals surface area contributed by atoms with Gasteiger partial charge in [0.05, 0.1) is 51.1 Å². The van der Waals surface area contributed by atoms with Crippen LogP contribution in [0.25, 0.3) is 10.9 Å². The van der Waals surface area contributed by atoms with Crippen LogP contribution in [0.4, 0.5) is 0 Å². The van der Waals surface area contributed by atoms with Crippen LogP contribution in [-0.4, -0.2) is 292 Å². The quantitative estimate of drug-likeness (QED) is 0.0250. The summed E-state index contributed by atoms with van der Waals surface area (Å²) >= 11 is 0. The summed E-state index contributed by atoms with van der Waals surface area (Å²) in [5.41, 5.74) is 7.70. The number of aliphatic carboxylic acids is 4. The van der Waals surface area contributed by atoms with Crippen molar-refractivity contribution in [1.29, 1.82) is 0 Å². The van der Waals surface area contributed by atoms with Crippen LogP contribution in [0.15, 0.2) is 43.0 Å². The van der Waals surface area contributed by atoms with Gasteiger partial charge < -0.3 is 131 Å². The molecule has 25 N–H and O–H groups in total. The Bertz CT molecular complexity index is 4190. The van der Waals surface area contributed by atoms with E-state index >= 15 is 0 Å². The molecule has 668 valence electrons. The molecule has 0 radical (unpaired) electrons. The van der Waals surface area contributed by atoms with E-state index in [1.54, 1.807) is 44.3 Å². The third-order valence-corrected chi connectivity index (χ3v) is 18.9. The van der Waals surface area contributed by atoms with Crippen molar-refractivity contribution in [1.82, 2.24) is 99.6 Å². The molecule has 0 spiro atoms. The van der Waals surface area contributed by atoms with Gasteiger partial charge in [-0.25, -0.2) is 9.78 Å². The van der Waals surface area contributed by atoms with E-state index in [9.17, 15) is 127 Å². The molecular weight excluding hydrogens is 1600 g/mol. The first-order chi connectivity index (χ1) is 56.8. The predicted octanol–water partition coefficient (Wildman–Crippen LogP) is -7.37. The highest BCUT2D eigenvalue weighted by atomic mass is 16.4. The third kappa shape index (κ3) is 33.9. The molecule has 121 heavy (non-hydrogen) atoms. The van der Waals surface area contributed by atoms with E-state index in [1.165, 1.54) is 45.1 Å².